The lowest BCUT2D eigenvalue weighted by Crippen LogP contribution is -2.55. The second kappa shape index (κ2) is 20.0. The number of likely N-dealkylation sites (N-methyl/N-ethyl adjacent to an activating group) is 1. The summed E-state index contributed by atoms with van der Waals surface area (Å²) in [5.74, 6) is -4.32. The molecule has 17 nitrogen and oxygen atoms in total. The molecule has 1 aromatic heterocycles. The van der Waals surface area contributed by atoms with Crippen LogP contribution in [0.25, 0.3) is 5.57 Å². The van der Waals surface area contributed by atoms with Crippen LogP contribution in [-0.4, -0.2) is 139 Å². The Morgan fingerprint density at radius 1 is 0.894 bits per heavy atom. The van der Waals surface area contributed by atoms with Crippen LogP contribution in [-0.2, 0) is 30.0 Å². The predicted octanol–water partition coefficient (Wildman–Crippen LogP) is 3.87. The molecule has 4 N–H and O–H groups in total. The molecule has 2 saturated heterocycles. The minimum Gasteiger partial charge on any atom is -0.382 e. The Morgan fingerprint density at radius 2 is 1.62 bits per heavy atom. The largest absolute Gasteiger partial charge is 0.417 e. The number of halogens is 4. The fourth-order valence-electron chi connectivity index (χ4n) is 8.56. The molecule has 352 valence electrons. The number of aromatic amines is 1. The highest BCUT2D eigenvalue weighted by Gasteiger charge is 2.45. The number of nitrogens with zero attached hydrogens (tertiary/aromatic N) is 4. The van der Waals surface area contributed by atoms with Crippen molar-refractivity contribution in [2.24, 2.45) is 0 Å². The first-order valence-electron chi connectivity index (χ1n) is 21.6. The van der Waals surface area contributed by atoms with Gasteiger partial charge in [-0.25, -0.2) is 4.39 Å². The summed E-state index contributed by atoms with van der Waals surface area (Å²) < 4.78 is 69.0. The topological polar surface area (TPSA) is 203 Å². The Bertz CT molecular complexity index is 2500. The standard InChI is InChI=1S/C45H50F4N8O9/c1-25-23-56(24-26(2)54(25)3)36-21-32(46)29(19-34(36)52-41(61)30-22-51-38(59)20-31(30)45(47,48)49)27-9-13-55(14-10-27)39(60)11-15-65-17-18-66-16-12-50-33-6-4-5-28-40(33)44(64)57(43(28)63)35-7-8-37(58)53-42(35)62/h4-6,9,19-22,25-26,35,50H,7-8,10-18,23-24H2,1-3H3,(H,51,59)(H,52,61)(H,53,58,62)/t25-,26+,35?. The number of pyridine rings is 1. The molecular weight excluding hydrogens is 873 g/mol. The first kappa shape index (κ1) is 47.5. The van der Waals surface area contributed by atoms with Gasteiger partial charge in [0.05, 0.1) is 66.5 Å². The summed E-state index contributed by atoms with van der Waals surface area (Å²) in [7, 11) is 1.96. The molecule has 66 heavy (non-hydrogen) atoms. The number of ether oxygens (including phenoxy) is 2. The quantitative estimate of drug-likeness (QED) is 0.0976. The van der Waals surface area contributed by atoms with E-state index in [2.05, 4.69) is 25.8 Å². The number of carbonyl (C=O) groups excluding carboxylic acids is 6. The van der Waals surface area contributed by atoms with Gasteiger partial charge in [-0.1, -0.05) is 12.1 Å². The Labute approximate surface area is 376 Å². The van der Waals surface area contributed by atoms with Crippen LogP contribution in [0.15, 0.2) is 53.5 Å². The van der Waals surface area contributed by atoms with Crippen LogP contribution in [0.4, 0.5) is 34.6 Å². The van der Waals surface area contributed by atoms with Gasteiger partial charge < -0.3 is 34.9 Å². The van der Waals surface area contributed by atoms with E-state index >= 15 is 4.39 Å². The number of rotatable bonds is 15. The molecule has 6 amide bonds. The lowest BCUT2D eigenvalue weighted by Gasteiger charge is -2.44. The van der Waals surface area contributed by atoms with Crippen LogP contribution in [0.1, 0.15) is 81.7 Å². The van der Waals surface area contributed by atoms with Crippen molar-refractivity contribution < 1.29 is 55.8 Å². The molecule has 5 heterocycles. The number of nitrogens with one attached hydrogen (secondary N) is 4. The van der Waals surface area contributed by atoms with Gasteiger partial charge in [-0.3, -0.25) is 48.7 Å². The molecule has 0 saturated carbocycles. The minimum absolute atomic E-state index is 0.0160. The number of alkyl halides is 3. The van der Waals surface area contributed by atoms with Gasteiger partial charge in [0.1, 0.15) is 11.9 Å². The van der Waals surface area contributed by atoms with E-state index in [9.17, 15) is 46.7 Å². The second-order valence-corrected chi connectivity index (χ2v) is 16.6. The maximum absolute atomic E-state index is 16.1. The number of carbonyl (C=O) groups is 6. The second-order valence-electron chi connectivity index (χ2n) is 16.6. The molecule has 4 aliphatic heterocycles. The average molecular weight is 923 g/mol. The first-order chi connectivity index (χ1) is 31.4. The van der Waals surface area contributed by atoms with E-state index in [1.54, 1.807) is 23.1 Å². The van der Waals surface area contributed by atoms with Gasteiger partial charge in [-0.15, -0.1) is 0 Å². The summed E-state index contributed by atoms with van der Waals surface area (Å²) in [5.41, 5.74) is -1.49. The molecule has 1 unspecified atom stereocenters. The molecule has 0 bridgehead atoms. The van der Waals surface area contributed by atoms with Crippen molar-refractivity contribution >= 4 is 58.1 Å². The van der Waals surface area contributed by atoms with Gasteiger partial charge in [0.15, 0.2) is 0 Å². The number of piperazine rings is 1. The van der Waals surface area contributed by atoms with Crippen LogP contribution >= 0.6 is 0 Å². The summed E-state index contributed by atoms with van der Waals surface area (Å²) >= 11 is 0. The lowest BCUT2D eigenvalue weighted by molar-refractivity contribution is -0.138. The highest BCUT2D eigenvalue weighted by molar-refractivity contribution is 6.25. The Hall–Kier alpha value is -6.45. The Balaban J connectivity index is 0.894. The number of piperidine rings is 1. The van der Waals surface area contributed by atoms with E-state index in [0.29, 0.717) is 36.6 Å². The highest BCUT2D eigenvalue weighted by atomic mass is 19.4. The van der Waals surface area contributed by atoms with Crippen LogP contribution < -0.4 is 26.4 Å². The fraction of sp³-hybridized carbons (Fsp3) is 0.444. The Kier molecular flexibility index (Phi) is 14.4. The van der Waals surface area contributed by atoms with Crippen molar-refractivity contribution in [3.05, 3.63) is 92.7 Å². The van der Waals surface area contributed by atoms with Gasteiger partial charge in [0.2, 0.25) is 23.3 Å². The number of hydrogen-bond acceptors (Lipinski definition) is 12. The number of H-pyrrole nitrogens is 1. The summed E-state index contributed by atoms with van der Waals surface area (Å²) in [6.07, 6.45) is -2.20. The normalized spacial score (nSPS) is 20.3. The average Bonchev–Trinajstić information content (AvgIpc) is 3.53. The van der Waals surface area contributed by atoms with Crippen molar-refractivity contribution in [1.82, 2.24) is 25.0 Å². The molecule has 0 aliphatic carbocycles. The number of amides is 6. The smallest absolute Gasteiger partial charge is 0.382 e. The molecule has 21 heteroatoms. The van der Waals surface area contributed by atoms with Crippen molar-refractivity contribution in [3.63, 3.8) is 0 Å². The molecule has 4 aliphatic rings. The number of aromatic nitrogens is 1. The number of hydrogen-bond donors (Lipinski definition) is 4. The molecule has 2 fully saturated rings. The van der Waals surface area contributed by atoms with Crippen molar-refractivity contribution in [3.8, 4) is 0 Å². The third kappa shape index (κ3) is 10.3. The number of imide groups is 2. The zero-order chi connectivity index (χ0) is 47.4. The molecule has 3 aromatic rings. The zero-order valence-electron chi connectivity index (χ0n) is 36.5. The van der Waals surface area contributed by atoms with Crippen molar-refractivity contribution in [2.75, 3.05) is 81.7 Å². The molecular formula is C45H50F4N8O9. The van der Waals surface area contributed by atoms with Crippen LogP contribution in [0.5, 0.6) is 0 Å². The van der Waals surface area contributed by atoms with Crippen LogP contribution in [0.3, 0.4) is 0 Å². The van der Waals surface area contributed by atoms with E-state index in [1.165, 1.54) is 18.2 Å². The maximum Gasteiger partial charge on any atom is 0.417 e. The molecule has 0 spiro atoms. The van der Waals surface area contributed by atoms with Gasteiger partial charge >= 0.3 is 6.18 Å². The third-order valence-corrected chi connectivity index (χ3v) is 12.3. The van der Waals surface area contributed by atoms with Gasteiger partial charge in [0.25, 0.3) is 17.7 Å². The number of anilines is 3. The predicted molar refractivity (Wildman–Crippen MR) is 232 cm³/mol. The van der Waals surface area contributed by atoms with Gasteiger partial charge in [-0.2, -0.15) is 13.2 Å². The first-order valence-corrected chi connectivity index (χ1v) is 21.6. The molecule has 3 atom stereocenters. The lowest BCUT2D eigenvalue weighted by atomic mass is 9.96. The van der Waals surface area contributed by atoms with E-state index in [0.717, 1.165) is 4.90 Å². The van der Waals surface area contributed by atoms with E-state index in [-0.39, 0.29) is 118 Å². The van der Waals surface area contributed by atoms with E-state index in [4.69, 9.17) is 9.47 Å². The van der Waals surface area contributed by atoms with Crippen LogP contribution in [0.2, 0.25) is 0 Å². The molecule has 7 rings (SSSR count). The zero-order valence-corrected chi connectivity index (χ0v) is 36.5. The summed E-state index contributed by atoms with van der Waals surface area (Å²) in [5, 5.41) is 7.83. The SMILES string of the molecule is C[C@@H]1CN(c2cc(F)c(C3=CCN(C(=O)CCOCCOCCNc4cccc5c4C(=O)N(C4CCC(=O)NC4=O)C5=O)CC3)cc2NC(=O)c2c[nH]c(=O)cc2C(F)(F)F)C[C@H](C)N1C. The third-order valence-electron chi connectivity index (χ3n) is 12.3. The Morgan fingerprint density at radius 3 is 2.30 bits per heavy atom. The summed E-state index contributed by atoms with van der Waals surface area (Å²) in [4.78, 5) is 97.3. The summed E-state index contributed by atoms with van der Waals surface area (Å²) in [6.45, 7) is 6.27. The van der Waals surface area contributed by atoms with Crippen molar-refractivity contribution in [1.29, 1.82) is 0 Å². The van der Waals surface area contributed by atoms with Crippen molar-refractivity contribution in [2.45, 2.75) is 63.8 Å². The van der Waals surface area contributed by atoms with E-state index in [1.807, 2.05) is 25.8 Å². The maximum atomic E-state index is 16.1. The monoisotopic (exact) mass is 922 g/mol. The molecule has 0 radical (unpaired) electrons. The molecule has 2 aromatic carbocycles. The van der Waals surface area contributed by atoms with Gasteiger partial charge in [-0.05, 0) is 63.6 Å². The summed E-state index contributed by atoms with van der Waals surface area (Å²) in [6, 6.07) is 6.74. The number of benzene rings is 2. The fourth-order valence-corrected chi connectivity index (χ4v) is 8.56. The highest BCUT2D eigenvalue weighted by Crippen LogP contribution is 2.38. The number of fused-ring (bicyclic) bond motifs is 1. The minimum atomic E-state index is -4.99. The van der Waals surface area contributed by atoms with Gasteiger partial charge in [0, 0.05) is 74.7 Å². The van der Waals surface area contributed by atoms with Crippen LogP contribution in [0, 0.1) is 5.82 Å². The van der Waals surface area contributed by atoms with E-state index < -0.39 is 64.3 Å².